The highest BCUT2D eigenvalue weighted by atomic mass is 16.5. The van der Waals surface area contributed by atoms with Crippen molar-refractivity contribution >= 4 is 17.5 Å². The van der Waals surface area contributed by atoms with Crippen LogP contribution in [0, 0.1) is 0 Å². The summed E-state index contributed by atoms with van der Waals surface area (Å²) >= 11 is 0. The lowest BCUT2D eigenvalue weighted by atomic mass is 10.0. The van der Waals surface area contributed by atoms with Crippen LogP contribution >= 0.6 is 0 Å². The summed E-state index contributed by atoms with van der Waals surface area (Å²) in [6.45, 7) is 8.01. The van der Waals surface area contributed by atoms with E-state index in [2.05, 4.69) is 54.1 Å². The van der Waals surface area contributed by atoms with E-state index in [0.29, 0.717) is 25.7 Å². The first-order chi connectivity index (χ1) is 16.2. The fourth-order valence-corrected chi connectivity index (χ4v) is 4.03. The number of benzene rings is 1. The fraction of sp³-hybridized carbons (Fsp3) is 0.308. The average Bonchev–Trinajstić information content (AvgIpc) is 3.29. The molecule has 0 aliphatic carbocycles. The Kier molecular flexibility index (Phi) is 6.13. The van der Waals surface area contributed by atoms with Crippen LogP contribution in [-0.4, -0.2) is 52.1 Å². The van der Waals surface area contributed by atoms with Crippen LogP contribution in [0.5, 0.6) is 0 Å². The Morgan fingerprint density at radius 2 is 1.91 bits per heavy atom. The number of ether oxygens (including phenoxy) is 1. The molecule has 1 fully saturated rings. The van der Waals surface area contributed by atoms with Crippen LogP contribution in [0.3, 0.4) is 0 Å². The van der Waals surface area contributed by atoms with Gasteiger partial charge in [-0.05, 0) is 41.3 Å². The molecule has 0 spiro atoms. The molecule has 5 rings (SSSR count). The summed E-state index contributed by atoms with van der Waals surface area (Å²) in [6.07, 6.45) is 7.48. The van der Waals surface area contributed by atoms with Crippen molar-refractivity contribution in [1.29, 1.82) is 0 Å². The van der Waals surface area contributed by atoms with E-state index in [0.717, 1.165) is 46.9 Å². The summed E-state index contributed by atoms with van der Waals surface area (Å²) in [5.74, 6) is 0.495. The molecule has 0 amide bonds. The second-order valence-corrected chi connectivity index (χ2v) is 8.55. The maximum Gasteiger partial charge on any atom is 0.177 e. The summed E-state index contributed by atoms with van der Waals surface area (Å²) in [4.78, 5) is 16.0. The highest BCUT2D eigenvalue weighted by molar-refractivity contribution is 5.80. The van der Waals surface area contributed by atoms with E-state index in [1.807, 2.05) is 29.1 Å². The molecular formula is C26H28N6O. The Morgan fingerprint density at radius 3 is 2.70 bits per heavy atom. The lowest BCUT2D eigenvalue weighted by Crippen LogP contribution is -2.36. The third kappa shape index (κ3) is 4.78. The number of rotatable bonds is 6. The van der Waals surface area contributed by atoms with Crippen LogP contribution in [0.2, 0.25) is 0 Å². The highest BCUT2D eigenvalue weighted by Gasteiger charge is 2.18. The van der Waals surface area contributed by atoms with Crippen LogP contribution < -0.4 is 4.90 Å². The Labute approximate surface area is 193 Å². The topological polar surface area (TPSA) is 67.9 Å². The van der Waals surface area contributed by atoms with E-state index in [9.17, 15) is 0 Å². The van der Waals surface area contributed by atoms with E-state index in [4.69, 9.17) is 19.8 Å². The molecular weight excluding hydrogens is 412 g/mol. The number of aliphatic imine (C=N–C) groups is 1. The van der Waals surface area contributed by atoms with E-state index in [1.54, 1.807) is 12.4 Å². The van der Waals surface area contributed by atoms with Gasteiger partial charge in [-0.15, -0.1) is 0 Å². The predicted molar refractivity (Wildman–Crippen MR) is 131 cm³/mol. The van der Waals surface area contributed by atoms with Gasteiger partial charge in [-0.25, -0.2) is 9.50 Å². The minimum Gasteiger partial charge on any atom is -0.378 e. The minimum atomic E-state index is 0.495. The lowest BCUT2D eigenvalue weighted by Gasteiger charge is -2.29. The molecule has 1 aliphatic heterocycles. The van der Waals surface area contributed by atoms with Gasteiger partial charge in [0, 0.05) is 37.3 Å². The number of aromatic nitrogens is 4. The molecule has 1 aliphatic rings. The average molecular weight is 441 g/mol. The summed E-state index contributed by atoms with van der Waals surface area (Å²) in [5, 5.41) is 4.82. The SMILES string of the molecule is CC(C)c1cccc(C=NCc2cc(N3CCOCC3)c3nc(-c4ccncc4)cn3n2)c1. The summed E-state index contributed by atoms with van der Waals surface area (Å²) in [7, 11) is 0. The largest absolute Gasteiger partial charge is 0.378 e. The zero-order valence-electron chi connectivity index (χ0n) is 19.1. The van der Waals surface area contributed by atoms with Crippen LogP contribution in [0.1, 0.15) is 36.6 Å². The van der Waals surface area contributed by atoms with E-state index in [-0.39, 0.29) is 0 Å². The van der Waals surface area contributed by atoms with Gasteiger partial charge in [0.2, 0.25) is 0 Å². The Morgan fingerprint density at radius 1 is 1.09 bits per heavy atom. The molecule has 7 heteroatoms. The number of hydrogen-bond acceptors (Lipinski definition) is 6. The third-order valence-electron chi connectivity index (χ3n) is 5.86. The molecule has 0 radical (unpaired) electrons. The molecule has 0 saturated carbocycles. The molecule has 4 aromatic rings. The molecule has 3 aromatic heterocycles. The van der Waals surface area contributed by atoms with E-state index in [1.165, 1.54) is 5.56 Å². The maximum absolute atomic E-state index is 5.56. The molecule has 0 atom stereocenters. The molecule has 0 unspecified atom stereocenters. The normalized spacial score (nSPS) is 14.6. The van der Waals surface area contributed by atoms with Crippen molar-refractivity contribution in [3.05, 3.63) is 77.9 Å². The molecule has 4 heterocycles. The predicted octanol–water partition coefficient (Wildman–Crippen LogP) is 4.37. The standard InChI is InChI=1S/C26H28N6O/c1-19(2)22-5-3-4-20(14-22)16-28-17-23-15-25(31-10-12-33-13-11-31)26-29-24(18-32(26)30-23)21-6-8-27-9-7-21/h3-9,14-16,18-19H,10-13,17H2,1-2H3. The summed E-state index contributed by atoms with van der Waals surface area (Å²) in [6, 6.07) is 14.6. The van der Waals surface area contributed by atoms with Gasteiger partial charge in [0.1, 0.15) is 0 Å². The van der Waals surface area contributed by atoms with E-state index < -0.39 is 0 Å². The van der Waals surface area contributed by atoms with Gasteiger partial charge in [-0.2, -0.15) is 5.10 Å². The quantitative estimate of drug-likeness (QED) is 0.417. The number of fused-ring (bicyclic) bond motifs is 1. The van der Waals surface area contributed by atoms with Crippen LogP contribution in [0.15, 0.2) is 66.0 Å². The molecule has 168 valence electrons. The number of hydrogen-bond donors (Lipinski definition) is 0. The second-order valence-electron chi connectivity index (χ2n) is 8.55. The molecule has 33 heavy (non-hydrogen) atoms. The van der Waals surface area contributed by atoms with Crippen molar-refractivity contribution in [3.8, 4) is 11.3 Å². The summed E-state index contributed by atoms with van der Waals surface area (Å²) < 4.78 is 7.44. The van der Waals surface area contributed by atoms with Gasteiger partial charge in [-0.3, -0.25) is 9.98 Å². The number of nitrogens with zero attached hydrogens (tertiary/aromatic N) is 6. The zero-order chi connectivity index (χ0) is 22.6. The molecule has 7 nitrogen and oxygen atoms in total. The highest BCUT2D eigenvalue weighted by Crippen LogP contribution is 2.26. The monoisotopic (exact) mass is 440 g/mol. The number of imidazole rings is 1. The van der Waals surface area contributed by atoms with Gasteiger partial charge in [-0.1, -0.05) is 32.0 Å². The van der Waals surface area contributed by atoms with Gasteiger partial charge in [0.15, 0.2) is 5.65 Å². The Hall–Kier alpha value is -3.58. The van der Waals surface area contributed by atoms with Gasteiger partial charge >= 0.3 is 0 Å². The van der Waals surface area contributed by atoms with Gasteiger partial charge in [0.25, 0.3) is 0 Å². The van der Waals surface area contributed by atoms with Gasteiger partial charge in [0.05, 0.1) is 43.0 Å². The van der Waals surface area contributed by atoms with Crippen LogP contribution in [0.4, 0.5) is 5.69 Å². The smallest absolute Gasteiger partial charge is 0.177 e. The maximum atomic E-state index is 5.56. The van der Waals surface area contributed by atoms with Crippen molar-refractivity contribution < 1.29 is 4.74 Å². The van der Waals surface area contributed by atoms with Crippen molar-refractivity contribution in [2.24, 2.45) is 4.99 Å². The first-order valence-electron chi connectivity index (χ1n) is 11.4. The number of anilines is 1. The molecule has 1 aromatic carbocycles. The second kappa shape index (κ2) is 9.50. The van der Waals surface area contributed by atoms with Gasteiger partial charge < -0.3 is 9.64 Å². The third-order valence-corrected chi connectivity index (χ3v) is 5.86. The Bertz CT molecular complexity index is 1260. The zero-order valence-corrected chi connectivity index (χ0v) is 19.1. The van der Waals surface area contributed by atoms with Crippen molar-refractivity contribution in [3.63, 3.8) is 0 Å². The first kappa shape index (κ1) is 21.3. The van der Waals surface area contributed by atoms with Crippen molar-refractivity contribution in [1.82, 2.24) is 19.6 Å². The van der Waals surface area contributed by atoms with Crippen molar-refractivity contribution in [2.45, 2.75) is 26.3 Å². The first-order valence-corrected chi connectivity index (χ1v) is 11.4. The van der Waals surface area contributed by atoms with Crippen LogP contribution in [0.25, 0.3) is 16.9 Å². The lowest BCUT2D eigenvalue weighted by molar-refractivity contribution is 0.123. The molecule has 1 saturated heterocycles. The number of pyridine rings is 1. The summed E-state index contributed by atoms with van der Waals surface area (Å²) in [5.41, 5.74) is 7.15. The molecule has 0 N–H and O–H groups in total. The molecule has 0 bridgehead atoms. The van der Waals surface area contributed by atoms with Crippen LogP contribution in [-0.2, 0) is 11.3 Å². The number of morpholine rings is 1. The fourth-order valence-electron chi connectivity index (χ4n) is 4.03. The van der Waals surface area contributed by atoms with Crippen molar-refractivity contribution in [2.75, 3.05) is 31.2 Å². The Balaban J connectivity index is 1.47. The minimum absolute atomic E-state index is 0.495. The van der Waals surface area contributed by atoms with E-state index >= 15 is 0 Å².